The van der Waals surface area contributed by atoms with E-state index in [0.29, 0.717) is 13.0 Å². The molecule has 1 aliphatic rings. The van der Waals surface area contributed by atoms with E-state index < -0.39 is 10.8 Å². The summed E-state index contributed by atoms with van der Waals surface area (Å²) < 4.78 is 4.52. The minimum Gasteiger partial charge on any atom is -0.464 e. The molecule has 0 aliphatic carbocycles. The third kappa shape index (κ3) is 3.23. The molecule has 1 saturated heterocycles. The molecular weight excluding hydrogens is 286 g/mol. The van der Waals surface area contributed by atoms with Gasteiger partial charge in [0.2, 0.25) is 5.91 Å². The van der Waals surface area contributed by atoms with Crippen molar-refractivity contribution < 1.29 is 14.3 Å². The maximum atomic E-state index is 12.2. The number of hydrogen-bond donors (Lipinski definition) is 1. The molecule has 21 heavy (non-hydrogen) atoms. The summed E-state index contributed by atoms with van der Waals surface area (Å²) >= 11 is 1.45. The van der Waals surface area contributed by atoms with Crippen molar-refractivity contribution in [3.63, 3.8) is 0 Å². The molecule has 1 heterocycles. The highest BCUT2D eigenvalue weighted by Crippen LogP contribution is 2.43. The Labute approximate surface area is 129 Å². The van der Waals surface area contributed by atoms with Gasteiger partial charge in [-0.15, -0.1) is 11.8 Å². The van der Waals surface area contributed by atoms with Crippen LogP contribution < -0.4 is 5.32 Å². The van der Waals surface area contributed by atoms with Crippen LogP contribution in [0.3, 0.4) is 0 Å². The molecule has 2 unspecified atom stereocenters. The van der Waals surface area contributed by atoms with E-state index in [0.717, 1.165) is 17.7 Å². The number of β-lactam (4-membered cyclic amide) rings is 1. The van der Waals surface area contributed by atoms with E-state index in [9.17, 15) is 9.59 Å². The molecule has 0 spiro atoms. The molecule has 0 radical (unpaired) electrons. The molecule has 1 fully saturated rings. The van der Waals surface area contributed by atoms with E-state index in [4.69, 9.17) is 4.74 Å². The zero-order chi connectivity index (χ0) is 15.3. The normalized spacial score (nSPS) is 24.1. The number of thioether (sulfide) groups is 1. The number of amides is 1. The van der Waals surface area contributed by atoms with Gasteiger partial charge >= 0.3 is 5.97 Å². The molecule has 2 atom stereocenters. The zero-order valence-corrected chi connectivity index (χ0v) is 13.2. The highest BCUT2D eigenvalue weighted by atomic mass is 32.2. The van der Waals surface area contributed by atoms with Crippen LogP contribution in [0.2, 0.25) is 0 Å². The smallest absolute Gasteiger partial charge is 0.330 e. The topological polar surface area (TPSA) is 55.4 Å². The Hall–Kier alpha value is -1.49. The van der Waals surface area contributed by atoms with Gasteiger partial charge in [0.05, 0.1) is 6.61 Å². The molecular formula is C16H21NO3S. The molecule has 0 saturated carbocycles. The van der Waals surface area contributed by atoms with Crippen LogP contribution in [0.1, 0.15) is 33.1 Å². The predicted molar refractivity (Wildman–Crippen MR) is 83.1 cm³/mol. The third-order valence-corrected chi connectivity index (χ3v) is 5.25. The summed E-state index contributed by atoms with van der Waals surface area (Å²) in [4.78, 5) is 25.2. The van der Waals surface area contributed by atoms with E-state index in [1.54, 1.807) is 0 Å². The molecule has 1 N–H and O–H groups in total. The van der Waals surface area contributed by atoms with E-state index in [-0.39, 0.29) is 11.9 Å². The summed E-state index contributed by atoms with van der Waals surface area (Å²) in [6.45, 7) is 4.39. The summed E-state index contributed by atoms with van der Waals surface area (Å²) in [5, 5.41) is 2.70. The number of hydrogen-bond acceptors (Lipinski definition) is 4. The molecule has 1 aliphatic heterocycles. The van der Waals surface area contributed by atoms with E-state index in [1.807, 2.05) is 44.2 Å². The van der Waals surface area contributed by atoms with Crippen molar-refractivity contribution in [2.75, 3.05) is 6.61 Å². The first-order valence-electron chi connectivity index (χ1n) is 7.35. The maximum Gasteiger partial charge on any atom is 0.330 e. The van der Waals surface area contributed by atoms with Crippen molar-refractivity contribution in [2.45, 2.75) is 48.8 Å². The van der Waals surface area contributed by atoms with Gasteiger partial charge in [0.1, 0.15) is 4.75 Å². The molecule has 1 aromatic carbocycles. The van der Waals surface area contributed by atoms with Gasteiger partial charge in [-0.05, 0) is 25.0 Å². The van der Waals surface area contributed by atoms with Crippen LogP contribution in [0, 0.1) is 0 Å². The standard InChI is InChI=1S/C16H21NO3S/c1-3-5-11-20-14(18)13-16(4-2,15(19)17-13)21-12-9-7-6-8-10-12/h6-10,13H,3-5,11H2,1-2H3,(H,17,19). The van der Waals surface area contributed by atoms with Crippen molar-refractivity contribution in [1.82, 2.24) is 5.32 Å². The average Bonchev–Trinajstić information content (AvgIpc) is 2.51. The van der Waals surface area contributed by atoms with Gasteiger partial charge < -0.3 is 10.1 Å². The number of rotatable bonds is 7. The Morgan fingerprint density at radius 1 is 1.33 bits per heavy atom. The van der Waals surface area contributed by atoms with Crippen LogP contribution in [-0.4, -0.2) is 29.3 Å². The van der Waals surface area contributed by atoms with Gasteiger partial charge in [-0.25, -0.2) is 4.79 Å². The molecule has 1 amide bonds. The SMILES string of the molecule is CCCCOC(=O)C1NC(=O)C1(CC)Sc1ccccc1. The van der Waals surface area contributed by atoms with Crippen molar-refractivity contribution in [3.8, 4) is 0 Å². The largest absolute Gasteiger partial charge is 0.464 e. The predicted octanol–water partition coefficient (Wildman–Crippen LogP) is 2.77. The Bertz CT molecular complexity index is 506. The lowest BCUT2D eigenvalue weighted by atomic mass is 9.87. The highest BCUT2D eigenvalue weighted by Gasteiger charge is 2.58. The number of carbonyl (C=O) groups is 2. The van der Waals surface area contributed by atoms with Crippen LogP contribution in [0.25, 0.3) is 0 Å². The van der Waals surface area contributed by atoms with Crippen molar-refractivity contribution in [3.05, 3.63) is 30.3 Å². The van der Waals surface area contributed by atoms with Crippen LogP contribution >= 0.6 is 11.8 Å². The fourth-order valence-corrected chi connectivity index (χ4v) is 3.60. The third-order valence-electron chi connectivity index (χ3n) is 3.67. The lowest BCUT2D eigenvalue weighted by Gasteiger charge is -2.45. The van der Waals surface area contributed by atoms with Crippen LogP contribution in [0.4, 0.5) is 0 Å². The second-order valence-electron chi connectivity index (χ2n) is 5.09. The molecule has 0 aromatic heterocycles. The average molecular weight is 307 g/mol. The second kappa shape index (κ2) is 6.98. The van der Waals surface area contributed by atoms with Crippen LogP contribution in [-0.2, 0) is 14.3 Å². The fourth-order valence-electron chi connectivity index (χ4n) is 2.31. The van der Waals surface area contributed by atoms with E-state index >= 15 is 0 Å². The van der Waals surface area contributed by atoms with Crippen molar-refractivity contribution >= 4 is 23.6 Å². The van der Waals surface area contributed by atoms with Gasteiger partial charge in [-0.3, -0.25) is 4.79 Å². The first kappa shape index (κ1) is 15.9. The number of carbonyl (C=O) groups excluding carboxylic acids is 2. The number of esters is 1. The Morgan fingerprint density at radius 3 is 2.62 bits per heavy atom. The Morgan fingerprint density at radius 2 is 2.05 bits per heavy atom. The van der Waals surface area contributed by atoms with Crippen molar-refractivity contribution in [1.29, 1.82) is 0 Å². The van der Waals surface area contributed by atoms with E-state index in [1.165, 1.54) is 11.8 Å². The second-order valence-corrected chi connectivity index (χ2v) is 6.49. The van der Waals surface area contributed by atoms with Crippen LogP contribution in [0.5, 0.6) is 0 Å². The quantitative estimate of drug-likeness (QED) is 0.478. The summed E-state index contributed by atoms with van der Waals surface area (Å²) in [6, 6.07) is 9.13. The molecule has 0 bridgehead atoms. The number of unbranched alkanes of at least 4 members (excludes halogenated alkanes) is 1. The molecule has 114 valence electrons. The number of nitrogens with one attached hydrogen (secondary N) is 1. The van der Waals surface area contributed by atoms with Gasteiger partial charge in [-0.1, -0.05) is 38.5 Å². The lowest BCUT2D eigenvalue weighted by Crippen LogP contribution is -2.73. The minimum atomic E-state index is -0.745. The van der Waals surface area contributed by atoms with Crippen molar-refractivity contribution in [2.24, 2.45) is 0 Å². The minimum absolute atomic E-state index is 0.0868. The first-order valence-corrected chi connectivity index (χ1v) is 8.17. The maximum absolute atomic E-state index is 12.2. The number of ether oxygens (including phenoxy) is 1. The first-order chi connectivity index (χ1) is 10.1. The monoisotopic (exact) mass is 307 g/mol. The molecule has 5 heteroatoms. The summed E-state index contributed by atoms with van der Waals surface area (Å²) in [6.07, 6.45) is 2.41. The molecule has 4 nitrogen and oxygen atoms in total. The van der Waals surface area contributed by atoms with E-state index in [2.05, 4.69) is 5.32 Å². The Balaban J connectivity index is 2.08. The van der Waals surface area contributed by atoms with Gasteiger partial charge in [0.15, 0.2) is 6.04 Å². The summed E-state index contributed by atoms with van der Waals surface area (Å²) in [5.41, 5.74) is 0. The van der Waals surface area contributed by atoms with Gasteiger partial charge in [0.25, 0.3) is 0 Å². The molecule has 1 aromatic rings. The van der Waals surface area contributed by atoms with Crippen LogP contribution in [0.15, 0.2) is 35.2 Å². The highest BCUT2D eigenvalue weighted by molar-refractivity contribution is 8.01. The molecule has 2 rings (SSSR count). The zero-order valence-electron chi connectivity index (χ0n) is 12.4. The number of benzene rings is 1. The Kier molecular flexibility index (Phi) is 5.28. The summed E-state index contributed by atoms with van der Waals surface area (Å²) in [7, 11) is 0. The fraction of sp³-hybridized carbons (Fsp3) is 0.500. The summed E-state index contributed by atoms with van der Waals surface area (Å²) in [5.74, 6) is -0.412. The van der Waals surface area contributed by atoms with Gasteiger partial charge in [-0.2, -0.15) is 0 Å². The lowest BCUT2D eigenvalue weighted by molar-refractivity contribution is -0.156. The van der Waals surface area contributed by atoms with Gasteiger partial charge in [0, 0.05) is 4.90 Å².